The van der Waals surface area contributed by atoms with Crippen molar-refractivity contribution in [1.82, 2.24) is 5.16 Å². The zero-order valence-corrected chi connectivity index (χ0v) is 11.9. The van der Waals surface area contributed by atoms with Gasteiger partial charge in [-0.3, -0.25) is 0 Å². The molecule has 0 radical (unpaired) electrons. The van der Waals surface area contributed by atoms with Crippen LogP contribution < -0.4 is 4.74 Å². The van der Waals surface area contributed by atoms with Crippen LogP contribution in [0.2, 0.25) is 5.02 Å². The highest BCUT2D eigenvalue weighted by Gasteiger charge is 2.26. The second kappa shape index (κ2) is 5.96. The van der Waals surface area contributed by atoms with Gasteiger partial charge in [-0.15, -0.1) is 0 Å². The van der Waals surface area contributed by atoms with E-state index in [0.717, 1.165) is 6.42 Å². The SMILES string of the molecule is CCCc1onc(-c2c(Cl)cccc2OC)c1C(=O)O. The van der Waals surface area contributed by atoms with Crippen LogP contribution in [0.5, 0.6) is 5.75 Å². The lowest BCUT2D eigenvalue weighted by Crippen LogP contribution is -2.02. The van der Waals surface area contributed by atoms with Gasteiger partial charge in [-0.05, 0) is 18.6 Å². The molecule has 0 unspecified atom stereocenters. The van der Waals surface area contributed by atoms with E-state index in [9.17, 15) is 9.90 Å². The van der Waals surface area contributed by atoms with Crippen molar-refractivity contribution in [1.29, 1.82) is 0 Å². The van der Waals surface area contributed by atoms with Crippen LogP contribution in [0.4, 0.5) is 0 Å². The van der Waals surface area contributed by atoms with Gasteiger partial charge in [0.2, 0.25) is 0 Å². The molecule has 2 rings (SSSR count). The average Bonchev–Trinajstić information content (AvgIpc) is 2.82. The first kappa shape index (κ1) is 14.4. The average molecular weight is 296 g/mol. The highest BCUT2D eigenvalue weighted by Crippen LogP contribution is 2.38. The molecule has 0 saturated carbocycles. The molecule has 20 heavy (non-hydrogen) atoms. The number of methoxy groups -OCH3 is 1. The molecule has 0 aliphatic rings. The van der Waals surface area contributed by atoms with Crippen LogP contribution in [0.3, 0.4) is 0 Å². The number of carboxylic acid groups (broad SMARTS) is 1. The molecule has 2 aromatic rings. The lowest BCUT2D eigenvalue weighted by molar-refractivity contribution is 0.0695. The van der Waals surface area contributed by atoms with Gasteiger partial charge in [-0.25, -0.2) is 4.79 Å². The molecule has 1 aromatic heterocycles. The lowest BCUT2D eigenvalue weighted by atomic mass is 10.0. The number of carboxylic acids is 1. The summed E-state index contributed by atoms with van der Waals surface area (Å²) >= 11 is 6.15. The molecule has 5 nitrogen and oxygen atoms in total. The van der Waals surface area contributed by atoms with Crippen molar-refractivity contribution < 1.29 is 19.2 Å². The zero-order chi connectivity index (χ0) is 14.7. The van der Waals surface area contributed by atoms with E-state index in [2.05, 4.69) is 5.16 Å². The quantitative estimate of drug-likeness (QED) is 0.911. The monoisotopic (exact) mass is 295 g/mol. The minimum atomic E-state index is -1.09. The van der Waals surface area contributed by atoms with Gasteiger partial charge in [-0.1, -0.05) is 29.7 Å². The summed E-state index contributed by atoms with van der Waals surface area (Å²) in [6.07, 6.45) is 1.26. The van der Waals surface area contributed by atoms with Gasteiger partial charge in [-0.2, -0.15) is 0 Å². The largest absolute Gasteiger partial charge is 0.496 e. The highest BCUT2D eigenvalue weighted by molar-refractivity contribution is 6.33. The van der Waals surface area contributed by atoms with Crippen LogP contribution in [-0.2, 0) is 6.42 Å². The van der Waals surface area contributed by atoms with Gasteiger partial charge in [0.05, 0.1) is 17.7 Å². The minimum absolute atomic E-state index is 0.0400. The Morgan fingerprint density at radius 2 is 2.25 bits per heavy atom. The van der Waals surface area contributed by atoms with E-state index in [1.54, 1.807) is 18.2 Å². The third-order valence-electron chi connectivity index (χ3n) is 2.89. The van der Waals surface area contributed by atoms with E-state index in [-0.39, 0.29) is 11.3 Å². The van der Waals surface area contributed by atoms with E-state index in [1.165, 1.54) is 7.11 Å². The summed E-state index contributed by atoms with van der Waals surface area (Å²) in [5, 5.41) is 13.6. The van der Waals surface area contributed by atoms with Gasteiger partial charge in [0.1, 0.15) is 17.0 Å². The molecule has 0 amide bonds. The summed E-state index contributed by atoms with van der Waals surface area (Å²) in [4.78, 5) is 11.5. The molecular formula is C14H14ClNO4. The highest BCUT2D eigenvalue weighted by atomic mass is 35.5. The predicted octanol–water partition coefficient (Wildman–Crippen LogP) is 3.65. The molecule has 1 heterocycles. The Hall–Kier alpha value is -2.01. The second-order valence-electron chi connectivity index (χ2n) is 4.20. The number of aryl methyl sites for hydroxylation is 1. The van der Waals surface area contributed by atoms with E-state index in [1.807, 2.05) is 6.92 Å². The smallest absolute Gasteiger partial charge is 0.341 e. The molecule has 0 aliphatic carbocycles. The van der Waals surface area contributed by atoms with Gasteiger partial charge < -0.3 is 14.4 Å². The number of aromatic carboxylic acids is 1. The van der Waals surface area contributed by atoms with Gasteiger partial charge in [0.15, 0.2) is 5.76 Å². The Bertz CT molecular complexity index is 636. The number of ether oxygens (including phenoxy) is 1. The van der Waals surface area contributed by atoms with Crippen LogP contribution in [0.15, 0.2) is 22.7 Å². The first-order valence-corrected chi connectivity index (χ1v) is 6.52. The third kappa shape index (κ3) is 2.49. The van der Waals surface area contributed by atoms with Crippen molar-refractivity contribution >= 4 is 17.6 Å². The van der Waals surface area contributed by atoms with Crippen LogP contribution in [0.25, 0.3) is 11.3 Å². The molecule has 1 aromatic carbocycles. The molecular weight excluding hydrogens is 282 g/mol. The molecule has 0 spiro atoms. The Balaban J connectivity index is 2.67. The number of carbonyl (C=O) groups is 1. The topological polar surface area (TPSA) is 72.6 Å². The van der Waals surface area contributed by atoms with Crippen LogP contribution >= 0.6 is 11.6 Å². The summed E-state index contributed by atoms with van der Waals surface area (Å²) in [6, 6.07) is 5.07. The fraction of sp³-hybridized carbons (Fsp3) is 0.286. The number of halogens is 1. The van der Waals surface area contributed by atoms with Gasteiger partial charge >= 0.3 is 5.97 Å². The van der Waals surface area contributed by atoms with E-state index in [4.69, 9.17) is 20.9 Å². The second-order valence-corrected chi connectivity index (χ2v) is 4.61. The van der Waals surface area contributed by atoms with E-state index in [0.29, 0.717) is 28.5 Å². The molecule has 1 N–H and O–H groups in total. The van der Waals surface area contributed by atoms with Crippen LogP contribution in [-0.4, -0.2) is 23.3 Å². The maximum atomic E-state index is 11.5. The fourth-order valence-electron chi connectivity index (χ4n) is 2.02. The molecule has 6 heteroatoms. The molecule has 0 saturated heterocycles. The minimum Gasteiger partial charge on any atom is -0.496 e. The maximum Gasteiger partial charge on any atom is 0.341 e. The van der Waals surface area contributed by atoms with E-state index < -0.39 is 5.97 Å². The molecule has 0 bridgehead atoms. The van der Waals surface area contributed by atoms with Crippen molar-refractivity contribution in [3.8, 4) is 17.0 Å². The Labute approximate surface area is 121 Å². The van der Waals surface area contributed by atoms with Crippen molar-refractivity contribution in [2.75, 3.05) is 7.11 Å². The van der Waals surface area contributed by atoms with Gasteiger partial charge in [0, 0.05) is 6.42 Å². The fourth-order valence-corrected chi connectivity index (χ4v) is 2.27. The number of hydrogen-bond acceptors (Lipinski definition) is 4. The summed E-state index contributed by atoms with van der Waals surface area (Å²) in [5.41, 5.74) is 0.668. The number of nitrogens with zero attached hydrogens (tertiary/aromatic N) is 1. The Kier molecular flexibility index (Phi) is 4.29. The molecule has 0 fully saturated rings. The lowest BCUT2D eigenvalue weighted by Gasteiger charge is -2.08. The Morgan fingerprint density at radius 1 is 1.50 bits per heavy atom. The first-order valence-electron chi connectivity index (χ1n) is 6.14. The normalized spacial score (nSPS) is 10.6. The predicted molar refractivity (Wildman–Crippen MR) is 74.5 cm³/mol. The molecule has 0 aliphatic heterocycles. The first-order chi connectivity index (χ1) is 9.60. The number of aromatic nitrogens is 1. The van der Waals surface area contributed by atoms with Crippen molar-refractivity contribution in [3.05, 3.63) is 34.5 Å². The number of benzene rings is 1. The van der Waals surface area contributed by atoms with Crippen LogP contribution in [0, 0.1) is 0 Å². The van der Waals surface area contributed by atoms with Crippen molar-refractivity contribution in [3.63, 3.8) is 0 Å². The van der Waals surface area contributed by atoms with Crippen molar-refractivity contribution in [2.45, 2.75) is 19.8 Å². The Morgan fingerprint density at radius 3 is 2.85 bits per heavy atom. The zero-order valence-electron chi connectivity index (χ0n) is 11.1. The summed E-state index contributed by atoms with van der Waals surface area (Å²) in [6.45, 7) is 1.93. The number of hydrogen-bond donors (Lipinski definition) is 1. The maximum absolute atomic E-state index is 11.5. The molecule has 0 atom stereocenters. The standard InChI is InChI=1S/C14H14ClNO4/c1-3-5-10-12(14(17)18)13(16-20-10)11-8(15)6-4-7-9(11)19-2/h4,6-7H,3,5H2,1-2H3,(H,17,18). The number of rotatable bonds is 5. The summed E-state index contributed by atoms with van der Waals surface area (Å²) in [5.74, 6) is -0.292. The van der Waals surface area contributed by atoms with Gasteiger partial charge in [0.25, 0.3) is 0 Å². The summed E-state index contributed by atoms with van der Waals surface area (Å²) < 4.78 is 10.4. The summed E-state index contributed by atoms with van der Waals surface area (Å²) in [7, 11) is 1.49. The third-order valence-corrected chi connectivity index (χ3v) is 3.20. The molecule has 106 valence electrons. The van der Waals surface area contributed by atoms with E-state index >= 15 is 0 Å². The van der Waals surface area contributed by atoms with Crippen molar-refractivity contribution in [2.24, 2.45) is 0 Å². The van der Waals surface area contributed by atoms with Crippen LogP contribution in [0.1, 0.15) is 29.5 Å².